The topological polar surface area (TPSA) is 195 Å². The molecule has 0 saturated heterocycles. The molecule has 1 aliphatic carbocycles. The maximum absolute atomic E-state index is 12.7. The van der Waals surface area contributed by atoms with E-state index in [4.69, 9.17) is 24.3 Å². The summed E-state index contributed by atoms with van der Waals surface area (Å²) in [7, 11) is -4.46. The van der Waals surface area contributed by atoms with Crippen LogP contribution in [-0.2, 0) is 32.7 Å². The number of unbranched alkanes of at least 4 members (excludes halogenated alkanes) is 8. The molecule has 12 nitrogen and oxygen atoms in total. The van der Waals surface area contributed by atoms with E-state index in [9.17, 15) is 34.4 Å². The minimum absolute atomic E-state index is 0.00604. The Morgan fingerprint density at radius 2 is 1.32 bits per heavy atom. The third-order valence-corrected chi connectivity index (χ3v) is 11.2. The van der Waals surface area contributed by atoms with Crippen molar-refractivity contribution in [3.63, 3.8) is 0 Å². The molecule has 1 saturated carbocycles. The van der Waals surface area contributed by atoms with Crippen LogP contribution in [0.3, 0.4) is 0 Å². The molecular weight excluding hydrogens is 785 g/mol. The fourth-order valence-corrected chi connectivity index (χ4v) is 7.54. The highest BCUT2D eigenvalue weighted by molar-refractivity contribution is 7.47. The number of phosphoric acid groups is 1. The molecule has 7 atom stereocenters. The molecule has 0 aromatic carbocycles. The highest BCUT2D eigenvalue weighted by Gasteiger charge is 2.39. The Hall–Kier alpha value is -2.67. The Kier molecular flexibility index (Phi) is 34.1. The number of hydrogen-bond donors (Lipinski definition) is 5. The number of nitrogens with two attached hydrogens (primary N) is 1. The second-order valence-corrected chi connectivity index (χ2v) is 17.0. The summed E-state index contributed by atoms with van der Waals surface area (Å²) >= 11 is 0. The van der Waals surface area contributed by atoms with Gasteiger partial charge < -0.3 is 35.4 Å². The van der Waals surface area contributed by atoms with Gasteiger partial charge in [-0.1, -0.05) is 138 Å². The lowest BCUT2D eigenvalue weighted by molar-refractivity contribution is -0.161. The number of carbonyl (C=O) groups excluding carboxylic acids is 2. The van der Waals surface area contributed by atoms with Crippen molar-refractivity contribution in [3.8, 4) is 0 Å². The lowest BCUT2D eigenvalue weighted by Crippen LogP contribution is -2.29. The molecule has 1 aliphatic rings. The molecule has 0 aromatic heterocycles. The van der Waals surface area contributed by atoms with Crippen LogP contribution in [0.1, 0.15) is 149 Å². The van der Waals surface area contributed by atoms with Gasteiger partial charge in [-0.2, -0.15) is 0 Å². The summed E-state index contributed by atoms with van der Waals surface area (Å²) < 4.78 is 32.7. The molecule has 1 fully saturated rings. The summed E-state index contributed by atoms with van der Waals surface area (Å²) in [4.78, 5) is 35.1. The lowest BCUT2D eigenvalue weighted by Gasteiger charge is -2.21. The molecule has 0 spiro atoms. The van der Waals surface area contributed by atoms with Gasteiger partial charge in [-0.3, -0.25) is 18.6 Å². The summed E-state index contributed by atoms with van der Waals surface area (Å²) in [6, 6.07) is 0. The van der Waals surface area contributed by atoms with Crippen molar-refractivity contribution in [2.75, 3.05) is 26.4 Å². The first kappa shape index (κ1) is 55.3. The number of esters is 2. The van der Waals surface area contributed by atoms with Crippen molar-refractivity contribution in [1.82, 2.24) is 0 Å². The van der Waals surface area contributed by atoms with Gasteiger partial charge in [0.2, 0.25) is 0 Å². The first-order chi connectivity index (χ1) is 29.0. The van der Waals surface area contributed by atoms with Gasteiger partial charge in [0.15, 0.2) is 6.10 Å². The van der Waals surface area contributed by atoms with E-state index in [1.165, 1.54) is 25.7 Å². The van der Waals surface area contributed by atoms with E-state index >= 15 is 0 Å². The fraction of sp³-hybridized carbons (Fsp3) is 0.702. The van der Waals surface area contributed by atoms with Crippen LogP contribution in [0, 0.1) is 11.8 Å². The standard InChI is InChI=1S/C47H80NO11P/c1-3-5-7-8-9-10-11-12-13-14-15-16-17-18-19-20-21-22-27-31-46(52)56-38-41(39-58-60(54,55)57-36-35-48)59-47(53)32-28-24-23-26-30-42-43(45(51)37-44(42)50)34-33-40(49)29-25-6-4-2/h9-10,12-13,15-16,18-19,21-22,33-34,40-45,49-51H,3-8,11,14,17,20,23-32,35-39,48H2,1-2H3,(H,54,55)/b10-9-,13-12-,16-15-,19-18-,22-21-,34-33+/t40-,41+,42+,43+,44-,45+/m0/s1. The van der Waals surface area contributed by atoms with Gasteiger partial charge in [0.1, 0.15) is 6.61 Å². The van der Waals surface area contributed by atoms with Gasteiger partial charge in [-0.15, -0.1) is 0 Å². The Morgan fingerprint density at radius 1 is 0.717 bits per heavy atom. The molecule has 344 valence electrons. The van der Waals surface area contributed by atoms with Crippen molar-refractivity contribution in [3.05, 3.63) is 72.9 Å². The number of rotatable bonds is 37. The summed E-state index contributed by atoms with van der Waals surface area (Å²) in [5.74, 6) is -1.38. The predicted molar refractivity (Wildman–Crippen MR) is 240 cm³/mol. The van der Waals surface area contributed by atoms with Gasteiger partial charge in [-0.25, -0.2) is 4.57 Å². The van der Waals surface area contributed by atoms with Gasteiger partial charge >= 0.3 is 19.8 Å². The number of carbonyl (C=O) groups is 2. The molecule has 1 rings (SSSR count). The Bertz CT molecular complexity index is 1330. The lowest BCUT2D eigenvalue weighted by atomic mass is 9.88. The summed E-state index contributed by atoms with van der Waals surface area (Å²) in [5.41, 5.74) is 5.34. The second-order valence-electron chi connectivity index (χ2n) is 15.5. The fourth-order valence-electron chi connectivity index (χ4n) is 6.77. The van der Waals surface area contributed by atoms with Crippen molar-refractivity contribution in [2.45, 2.75) is 173 Å². The van der Waals surface area contributed by atoms with Gasteiger partial charge in [0.05, 0.1) is 31.5 Å². The molecule has 60 heavy (non-hydrogen) atoms. The summed E-state index contributed by atoms with van der Waals surface area (Å²) in [6.07, 6.45) is 38.7. The van der Waals surface area contributed by atoms with E-state index in [0.29, 0.717) is 32.1 Å². The highest BCUT2D eigenvalue weighted by atomic mass is 31.2. The van der Waals surface area contributed by atoms with Crippen LogP contribution >= 0.6 is 7.82 Å². The van der Waals surface area contributed by atoms with Crippen molar-refractivity contribution in [2.24, 2.45) is 17.6 Å². The smallest absolute Gasteiger partial charge is 0.462 e. The van der Waals surface area contributed by atoms with E-state index in [0.717, 1.165) is 64.2 Å². The SMILES string of the molecule is CCCCC/C=C\C/C=C\C/C=C\C/C=C\C/C=C\CCC(=O)OC[C@H](COP(=O)(O)OCCN)OC(=O)CCCCCC[C@@H]1[C@@H](/C=C/[C@@H](O)CCCCC)[C@H](O)C[C@@H]1O. The van der Waals surface area contributed by atoms with Gasteiger partial charge in [0.25, 0.3) is 0 Å². The molecule has 6 N–H and O–H groups in total. The average molecular weight is 866 g/mol. The van der Waals surface area contributed by atoms with E-state index in [2.05, 4.69) is 62.5 Å². The summed E-state index contributed by atoms with van der Waals surface area (Å²) in [6.45, 7) is 3.26. The number of phosphoric ester groups is 1. The van der Waals surface area contributed by atoms with Gasteiger partial charge in [-0.05, 0) is 70.1 Å². The zero-order chi connectivity index (χ0) is 44.1. The quantitative estimate of drug-likeness (QED) is 0.0172. The van der Waals surface area contributed by atoms with E-state index < -0.39 is 50.8 Å². The van der Waals surface area contributed by atoms with Crippen LogP contribution in [0.15, 0.2) is 72.9 Å². The van der Waals surface area contributed by atoms with E-state index in [1.54, 1.807) is 6.08 Å². The number of ether oxygens (including phenoxy) is 2. The average Bonchev–Trinajstić information content (AvgIpc) is 3.49. The minimum atomic E-state index is -4.46. The normalized spacial score (nSPS) is 20.7. The van der Waals surface area contributed by atoms with Gasteiger partial charge in [0, 0.05) is 31.7 Å². The van der Waals surface area contributed by atoms with E-state index in [1.807, 2.05) is 18.2 Å². The summed E-state index contributed by atoms with van der Waals surface area (Å²) in [5, 5.41) is 31.4. The second kappa shape index (κ2) is 36.9. The highest BCUT2D eigenvalue weighted by Crippen LogP contribution is 2.43. The van der Waals surface area contributed by atoms with Crippen LogP contribution in [0.2, 0.25) is 0 Å². The Morgan fingerprint density at radius 3 is 1.95 bits per heavy atom. The predicted octanol–water partition coefficient (Wildman–Crippen LogP) is 9.43. The molecule has 13 heteroatoms. The third-order valence-electron chi connectivity index (χ3n) is 10.2. The Balaban J connectivity index is 2.42. The number of allylic oxidation sites excluding steroid dienone is 10. The maximum Gasteiger partial charge on any atom is 0.472 e. The third kappa shape index (κ3) is 30.4. The van der Waals surface area contributed by atoms with Crippen molar-refractivity contribution < 1.29 is 52.9 Å². The maximum atomic E-state index is 12.7. The van der Waals surface area contributed by atoms with Crippen LogP contribution in [0.25, 0.3) is 0 Å². The number of aliphatic hydroxyl groups is 3. The van der Waals surface area contributed by atoms with Crippen LogP contribution in [0.4, 0.5) is 0 Å². The first-order valence-electron chi connectivity index (χ1n) is 22.7. The molecule has 0 aliphatic heterocycles. The van der Waals surface area contributed by atoms with Crippen molar-refractivity contribution >= 4 is 19.8 Å². The zero-order valence-electron chi connectivity index (χ0n) is 36.7. The monoisotopic (exact) mass is 866 g/mol. The zero-order valence-corrected chi connectivity index (χ0v) is 37.6. The molecule has 0 heterocycles. The molecule has 0 bridgehead atoms. The van der Waals surface area contributed by atoms with Crippen LogP contribution < -0.4 is 5.73 Å². The van der Waals surface area contributed by atoms with E-state index in [-0.39, 0.29) is 44.4 Å². The van der Waals surface area contributed by atoms with Crippen LogP contribution in [-0.4, -0.2) is 82.9 Å². The molecular formula is C47H80NO11P. The molecule has 1 unspecified atom stereocenters. The largest absolute Gasteiger partial charge is 0.472 e. The van der Waals surface area contributed by atoms with Crippen LogP contribution in [0.5, 0.6) is 0 Å². The Labute approximate surface area is 361 Å². The number of hydrogen-bond acceptors (Lipinski definition) is 11. The molecule has 0 amide bonds. The first-order valence-corrected chi connectivity index (χ1v) is 24.2. The van der Waals surface area contributed by atoms with Crippen molar-refractivity contribution in [1.29, 1.82) is 0 Å². The molecule has 0 aromatic rings. The molecule has 0 radical (unpaired) electrons. The number of aliphatic hydroxyl groups excluding tert-OH is 3. The minimum Gasteiger partial charge on any atom is -0.462 e.